The smallest absolute Gasteiger partial charge is 0.328 e. The molecule has 1 aliphatic heterocycles. The number of aromatic nitrogens is 1. The number of nitrogens with zero attached hydrogens (tertiary/aromatic N) is 2. The van der Waals surface area contributed by atoms with Gasteiger partial charge in [0.1, 0.15) is 5.82 Å². The van der Waals surface area contributed by atoms with Crippen molar-refractivity contribution in [2.24, 2.45) is 0 Å². The molecular formula is C16H22N2O2. The number of hydrogen-bond acceptors (Lipinski definition) is 3. The van der Waals surface area contributed by atoms with E-state index in [0.717, 1.165) is 24.3 Å². The molecule has 1 atom stereocenters. The van der Waals surface area contributed by atoms with E-state index in [1.165, 1.54) is 31.8 Å². The molecule has 1 fully saturated rings. The first-order valence-electron chi connectivity index (χ1n) is 7.35. The average Bonchev–Trinajstić information content (AvgIpc) is 2.46. The van der Waals surface area contributed by atoms with Gasteiger partial charge in [0.05, 0.1) is 0 Å². The van der Waals surface area contributed by atoms with Crippen LogP contribution in [0, 0.1) is 0 Å². The van der Waals surface area contributed by atoms with Crippen LogP contribution >= 0.6 is 0 Å². The molecule has 0 spiro atoms. The molecule has 4 heteroatoms. The molecule has 1 saturated heterocycles. The van der Waals surface area contributed by atoms with Crippen LogP contribution in [0.3, 0.4) is 0 Å². The van der Waals surface area contributed by atoms with Gasteiger partial charge in [-0.2, -0.15) is 0 Å². The summed E-state index contributed by atoms with van der Waals surface area (Å²) in [6, 6.07) is 4.31. The molecule has 0 aliphatic carbocycles. The molecule has 108 valence electrons. The Labute approximate surface area is 120 Å². The van der Waals surface area contributed by atoms with Crippen molar-refractivity contribution in [2.75, 3.05) is 11.4 Å². The van der Waals surface area contributed by atoms with E-state index < -0.39 is 5.97 Å². The van der Waals surface area contributed by atoms with Crippen LogP contribution in [0.2, 0.25) is 0 Å². The molecule has 0 radical (unpaired) electrons. The summed E-state index contributed by atoms with van der Waals surface area (Å²) in [6.45, 7) is 3.21. The third-order valence-corrected chi connectivity index (χ3v) is 3.74. The minimum Gasteiger partial charge on any atom is -0.478 e. The minimum atomic E-state index is -0.927. The van der Waals surface area contributed by atoms with Crippen LogP contribution < -0.4 is 4.90 Å². The zero-order valence-electron chi connectivity index (χ0n) is 12.0. The standard InChI is InChI=1S/C16H22N2O2/c1-2-6-14-8-3-4-12-18(14)16-13(7-5-11-17-16)9-10-15(19)20/h5,7,9-11,14H,2-4,6,8,12H2,1H3,(H,19,20)/b10-9+. The molecule has 1 aromatic rings. The highest BCUT2D eigenvalue weighted by molar-refractivity contribution is 5.86. The van der Waals surface area contributed by atoms with Crippen LogP contribution in [0.25, 0.3) is 6.08 Å². The second kappa shape index (κ2) is 7.08. The Bertz CT molecular complexity index is 483. The summed E-state index contributed by atoms with van der Waals surface area (Å²) < 4.78 is 0. The number of piperidine rings is 1. The monoisotopic (exact) mass is 274 g/mol. The van der Waals surface area contributed by atoms with Crippen LogP contribution in [0.1, 0.15) is 44.6 Å². The quantitative estimate of drug-likeness (QED) is 0.837. The molecule has 20 heavy (non-hydrogen) atoms. The largest absolute Gasteiger partial charge is 0.478 e. The van der Waals surface area contributed by atoms with Gasteiger partial charge in [0.25, 0.3) is 0 Å². The Balaban J connectivity index is 2.27. The lowest BCUT2D eigenvalue weighted by molar-refractivity contribution is -0.131. The van der Waals surface area contributed by atoms with Crippen molar-refractivity contribution in [3.8, 4) is 0 Å². The highest BCUT2D eigenvalue weighted by Gasteiger charge is 2.24. The maximum Gasteiger partial charge on any atom is 0.328 e. The Morgan fingerprint density at radius 1 is 1.55 bits per heavy atom. The van der Waals surface area contributed by atoms with Crippen molar-refractivity contribution in [1.29, 1.82) is 0 Å². The van der Waals surface area contributed by atoms with Crippen molar-refractivity contribution < 1.29 is 9.90 Å². The normalized spacial score (nSPS) is 19.4. The first-order chi connectivity index (χ1) is 9.72. The molecule has 1 aliphatic rings. The van der Waals surface area contributed by atoms with Crippen molar-refractivity contribution >= 4 is 17.9 Å². The maximum absolute atomic E-state index is 10.7. The van der Waals surface area contributed by atoms with E-state index in [9.17, 15) is 4.79 Å². The zero-order valence-corrected chi connectivity index (χ0v) is 12.0. The van der Waals surface area contributed by atoms with Crippen LogP contribution in [0.5, 0.6) is 0 Å². The molecule has 2 rings (SSSR count). The lowest BCUT2D eigenvalue weighted by atomic mass is 9.97. The summed E-state index contributed by atoms with van der Waals surface area (Å²) in [5, 5.41) is 8.79. The predicted molar refractivity (Wildman–Crippen MR) is 80.8 cm³/mol. The summed E-state index contributed by atoms with van der Waals surface area (Å²) in [5.74, 6) is -0.00768. The van der Waals surface area contributed by atoms with Gasteiger partial charge in [0.15, 0.2) is 0 Å². The average molecular weight is 274 g/mol. The van der Waals surface area contributed by atoms with Crippen LogP contribution in [-0.2, 0) is 4.79 Å². The fourth-order valence-electron chi connectivity index (χ4n) is 2.85. The number of rotatable bonds is 5. The number of anilines is 1. The molecule has 0 aromatic carbocycles. The van der Waals surface area contributed by atoms with Gasteiger partial charge in [-0.1, -0.05) is 13.3 Å². The number of carbonyl (C=O) groups is 1. The Kier molecular flexibility index (Phi) is 5.16. The molecule has 0 saturated carbocycles. The van der Waals surface area contributed by atoms with E-state index in [-0.39, 0.29) is 0 Å². The lowest BCUT2D eigenvalue weighted by Gasteiger charge is -2.37. The topological polar surface area (TPSA) is 53.4 Å². The molecule has 1 aromatic heterocycles. The molecular weight excluding hydrogens is 252 g/mol. The van der Waals surface area contributed by atoms with Gasteiger partial charge in [-0.15, -0.1) is 0 Å². The third-order valence-electron chi connectivity index (χ3n) is 3.74. The van der Waals surface area contributed by atoms with Crippen molar-refractivity contribution in [2.45, 2.75) is 45.1 Å². The lowest BCUT2D eigenvalue weighted by Crippen LogP contribution is -2.40. The predicted octanol–water partition coefficient (Wildman–Crippen LogP) is 3.34. The van der Waals surface area contributed by atoms with Gasteiger partial charge < -0.3 is 10.0 Å². The molecule has 2 heterocycles. The fourth-order valence-corrected chi connectivity index (χ4v) is 2.85. The van der Waals surface area contributed by atoms with Gasteiger partial charge in [0, 0.05) is 30.4 Å². The highest BCUT2D eigenvalue weighted by Crippen LogP contribution is 2.28. The van der Waals surface area contributed by atoms with Gasteiger partial charge >= 0.3 is 5.97 Å². The number of carboxylic acid groups (broad SMARTS) is 1. The van der Waals surface area contributed by atoms with Gasteiger partial charge in [-0.05, 0) is 43.9 Å². The summed E-state index contributed by atoms with van der Waals surface area (Å²) in [6.07, 6.45) is 10.6. The molecule has 0 bridgehead atoms. The SMILES string of the molecule is CCCC1CCCCN1c1ncccc1/C=C/C(=O)O. The number of aliphatic carboxylic acids is 1. The van der Waals surface area contributed by atoms with E-state index in [4.69, 9.17) is 5.11 Å². The zero-order chi connectivity index (χ0) is 14.4. The van der Waals surface area contributed by atoms with Crippen LogP contribution in [-0.4, -0.2) is 28.6 Å². The van der Waals surface area contributed by atoms with E-state index >= 15 is 0 Å². The fraction of sp³-hybridized carbons (Fsp3) is 0.500. The molecule has 0 amide bonds. The number of pyridine rings is 1. The van der Waals surface area contributed by atoms with Crippen molar-refractivity contribution in [3.63, 3.8) is 0 Å². The Morgan fingerprint density at radius 2 is 2.40 bits per heavy atom. The summed E-state index contributed by atoms with van der Waals surface area (Å²) in [4.78, 5) is 17.6. The molecule has 4 nitrogen and oxygen atoms in total. The summed E-state index contributed by atoms with van der Waals surface area (Å²) >= 11 is 0. The number of hydrogen-bond donors (Lipinski definition) is 1. The first-order valence-corrected chi connectivity index (χ1v) is 7.35. The highest BCUT2D eigenvalue weighted by atomic mass is 16.4. The van der Waals surface area contributed by atoms with Gasteiger partial charge in [0.2, 0.25) is 0 Å². The van der Waals surface area contributed by atoms with Gasteiger partial charge in [-0.3, -0.25) is 0 Å². The van der Waals surface area contributed by atoms with E-state index in [0.29, 0.717) is 6.04 Å². The Hall–Kier alpha value is -1.84. The third kappa shape index (κ3) is 3.59. The van der Waals surface area contributed by atoms with Crippen molar-refractivity contribution in [1.82, 2.24) is 4.98 Å². The van der Waals surface area contributed by atoms with Crippen LogP contribution in [0.15, 0.2) is 24.4 Å². The summed E-state index contributed by atoms with van der Waals surface area (Å²) in [7, 11) is 0. The first kappa shape index (κ1) is 14.6. The Morgan fingerprint density at radius 3 is 3.15 bits per heavy atom. The summed E-state index contributed by atoms with van der Waals surface area (Å²) in [5.41, 5.74) is 0.887. The van der Waals surface area contributed by atoms with Gasteiger partial charge in [-0.25, -0.2) is 9.78 Å². The molecule has 1 unspecified atom stereocenters. The second-order valence-corrected chi connectivity index (χ2v) is 5.22. The van der Waals surface area contributed by atoms with Crippen molar-refractivity contribution in [3.05, 3.63) is 30.0 Å². The maximum atomic E-state index is 10.7. The van der Waals surface area contributed by atoms with E-state index in [1.54, 1.807) is 12.3 Å². The second-order valence-electron chi connectivity index (χ2n) is 5.22. The van der Waals surface area contributed by atoms with Crippen LogP contribution in [0.4, 0.5) is 5.82 Å². The minimum absolute atomic E-state index is 0.528. The van der Waals surface area contributed by atoms with E-state index in [2.05, 4.69) is 16.8 Å². The molecule has 1 N–H and O–H groups in total. The number of carboxylic acids is 1. The van der Waals surface area contributed by atoms with E-state index in [1.807, 2.05) is 12.1 Å².